The first-order chi connectivity index (χ1) is 14.5. The van der Waals surface area contributed by atoms with Crippen LogP contribution < -0.4 is 4.74 Å². The molecule has 1 atom stereocenters. The van der Waals surface area contributed by atoms with Crippen LogP contribution in [0.5, 0.6) is 5.75 Å². The number of likely N-dealkylation sites (N-methyl/N-ethyl adjacent to an activating group) is 1. The number of ether oxygens (including phenoxy) is 1. The van der Waals surface area contributed by atoms with Gasteiger partial charge in [-0.25, -0.2) is 4.39 Å². The SMILES string of the molecule is CCC(=O)N1CCc2ccc(OCC(=O)N(CC)CC)cc2C1c1ccc(F)cc1. The van der Waals surface area contributed by atoms with Crippen molar-refractivity contribution in [2.45, 2.75) is 39.7 Å². The molecule has 2 aromatic carbocycles. The van der Waals surface area contributed by atoms with Crippen LogP contribution >= 0.6 is 0 Å². The zero-order chi connectivity index (χ0) is 21.7. The van der Waals surface area contributed by atoms with E-state index in [1.807, 2.05) is 43.9 Å². The van der Waals surface area contributed by atoms with E-state index in [0.29, 0.717) is 31.8 Å². The predicted octanol–water partition coefficient (Wildman–Crippen LogP) is 3.96. The molecule has 1 aliphatic heterocycles. The van der Waals surface area contributed by atoms with Crippen LogP contribution in [0.1, 0.15) is 49.9 Å². The molecule has 0 radical (unpaired) electrons. The third-order valence-electron chi connectivity index (χ3n) is 5.63. The quantitative estimate of drug-likeness (QED) is 0.692. The van der Waals surface area contributed by atoms with Crippen molar-refractivity contribution in [2.24, 2.45) is 0 Å². The first-order valence-corrected chi connectivity index (χ1v) is 10.6. The smallest absolute Gasteiger partial charge is 0.260 e. The van der Waals surface area contributed by atoms with Crippen molar-refractivity contribution in [2.75, 3.05) is 26.2 Å². The second-order valence-electron chi connectivity index (χ2n) is 7.36. The van der Waals surface area contributed by atoms with E-state index >= 15 is 0 Å². The minimum absolute atomic E-state index is 0.0285. The van der Waals surface area contributed by atoms with E-state index in [-0.39, 0.29) is 30.3 Å². The number of hydrogen-bond donors (Lipinski definition) is 0. The Hall–Kier alpha value is -2.89. The fourth-order valence-electron chi connectivity index (χ4n) is 3.97. The minimum Gasteiger partial charge on any atom is -0.484 e. The lowest BCUT2D eigenvalue weighted by atomic mass is 9.87. The summed E-state index contributed by atoms with van der Waals surface area (Å²) in [6, 6.07) is 11.8. The molecule has 5 nitrogen and oxygen atoms in total. The summed E-state index contributed by atoms with van der Waals surface area (Å²) in [5, 5.41) is 0. The molecule has 1 unspecified atom stereocenters. The van der Waals surface area contributed by atoms with Gasteiger partial charge in [-0.15, -0.1) is 0 Å². The Morgan fingerprint density at radius 1 is 1.10 bits per heavy atom. The zero-order valence-corrected chi connectivity index (χ0v) is 17.9. The number of nitrogens with zero attached hydrogens (tertiary/aromatic N) is 2. The molecule has 1 heterocycles. The lowest BCUT2D eigenvalue weighted by molar-refractivity contribution is -0.133. The van der Waals surface area contributed by atoms with Gasteiger partial charge in [0.25, 0.3) is 5.91 Å². The van der Waals surface area contributed by atoms with Crippen LogP contribution in [0, 0.1) is 5.82 Å². The van der Waals surface area contributed by atoms with E-state index < -0.39 is 0 Å². The van der Waals surface area contributed by atoms with Crippen molar-refractivity contribution in [3.05, 3.63) is 65.0 Å². The molecule has 0 saturated heterocycles. The van der Waals surface area contributed by atoms with Gasteiger partial charge >= 0.3 is 0 Å². The number of carbonyl (C=O) groups excluding carboxylic acids is 2. The molecular formula is C24H29FN2O3. The van der Waals surface area contributed by atoms with Gasteiger partial charge in [0.05, 0.1) is 6.04 Å². The van der Waals surface area contributed by atoms with Crippen LogP contribution in [0.3, 0.4) is 0 Å². The van der Waals surface area contributed by atoms with Crippen molar-refractivity contribution < 1.29 is 18.7 Å². The Labute approximate surface area is 177 Å². The third kappa shape index (κ3) is 4.64. The molecule has 160 valence electrons. The molecule has 6 heteroatoms. The second kappa shape index (κ2) is 9.74. The van der Waals surface area contributed by atoms with E-state index in [9.17, 15) is 14.0 Å². The van der Waals surface area contributed by atoms with Crippen LogP contribution in [0.4, 0.5) is 4.39 Å². The highest BCUT2D eigenvalue weighted by Gasteiger charge is 2.31. The van der Waals surface area contributed by atoms with Crippen molar-refractivity contribution in [1.29, 1.82) is 0 Å². The largest absolute Gasteiger partial charge is 0.484 e. The molecule has 0 spiro atoms. The maximum Gasteiger partial charge on any atom is 0.260 e. The molecule has 2 amide bonds. The standard InChI is InChI=1S/C24H29FN2O3/c1-4-22(28)27-14-13-17-9-12-20(30-16-23(29)26(5-2)6-3)15-21(17)24(27)18-7-10-19(25)11-8-18/h7-12,15,24H,4-6,13-14,16H2,1-3H3. The molecule has 0 saturated carbocycles. The summed E-state index contributed by atoms with van der Waals surface area (Å²) in [6.45, 7) is 7.59. The summed E-state index contributed by atoms with van der Waals surface area (Å²) < 4.78 is 19.3. The van der Waals surface area contributed by atoms with E-state index in [1.54, 1.807) is 17.0 Å². The Bertz CT molecular complexity index is 894. The first-order valence-electron chi connectivity index (χ1n) is 10.6. The van der Waals surface area contributed by atoms with E-state index in [1.165, 1.54) is 12.1 Å². The molecule has 0 aromatic heterocycles. The van der Waals surface area contributed by atoms with E-state index in [2.05, 4.69) is 0 Å². The number of hydrogen-bond acceptors (Lipinski definition) is 3. The summed E-state index contributed by atoms with van der Waals surface area (Å²) >= 11 is 0. The molecule has 0 aliphatic carbocycles. The average molecular weight is 413 g/mol. The zero-order valence-electron chi connectivity index (χ0n) is 17.9. The molecular weight excluding hydrogens is 383 g/mol. The van der Waals surface area contributed by atoms with Crippen molar-refractivity contribution in [3.8, 4) is 5.75 Å². The number of halogens is 1. The highest BCUT2D eigenvalue weighted by molar-refractivity contribution is 5.78. The molecule has 1 aliphatic rings. The third-order valence-corrected chi connectivity index (χ3v) is 5.63. The lowest BCUT2D eigenvalue weighted by Crippen LogP contribution is -2.40. The number of benzene rings is 2. The van der Waals surface area contributed by atoms with Crippen molar-refractivity contribution in [3.63, 3.8) is 0 Å². The summed E-state index contributed by atoms with van der Waals surface area (Å²) in [5.74, 6) is 0.274. The molecule has 0 N–H and O–H groups in total. The molecule has 3 rings (SSSR count). The topological polar surface area (TPSA) is 49.9 Å². The van der Waals surface area contributed by atoms with Crippen molar-refractivity contribution in [1.82, 2.24) is 9.80 Å². The first kappa shape index (κ1) is 21.8. The average Bonchev–Trinajstić information content (AvgIpc) is 2.77. The fraction of sp³-hybridized carbons (Fsp3) is 0.417. The van der Waals surface area contributed by atoms with Gasteiger partial charge in [0, 0.05) is 26.1 Å². The van der Waals surface area contributed by atoms with Gasteiger partial charge in [-0.2, -0.15) is 0 Å². The van der Waals surface area contributed by atoms with Gasteiger partial charge in [0.1, 0.15) is 11.6 Å². The number of rotatable bonds is 7. The highest BCUT2D eigenvalue weighted by atomic mass is 19.1. The number of amides is 2. The Morgan fingerprint density at radius 3 is 2.43 bits per heavy atom. The van der Waals surface area contributed by atoms with Crippen LogP contribution in [0.2, 0.25) is 0 Å². The molecule has 0 fully saturated rings. The summed E-state index contributed by atoms with van der Waals surface area (Å²) in [7, 11) is 0. The van der Waals surface area contributed by atoms with Gasteiger partial charge < -0.3 is 14.5 Å². The van der Waals surface area contributed by atoms with Crippen LogP contribution in [-0.4, -0.2) is 47.9 Å². The number of carbonyl (C=O) groups is 2. The molecule has 2 aromatic rings. The second-order valence-corrected chi connectivity index (χ2v) is 7.36. The Kier molecular flexibility index (Phi) is 7.08. The van der Waals surface area contributed by atoms with Crippen LogP contribution in [0.15, 0.2) is 42.5 Å². The Morgan fingerprint density at radius 2 is 1.80 bits per heavy atom. The predicted molar refractivity (Wildman–Crippen MR) is 114 cm³/mol. The highest BCUT2D eigenvalue weighted by Crippen LogP contribution is 2.37. The maximum atomic E-state index is 13.5. The monoisotopic (exact) mass is 412 g/mol. The maximum absolute atomic E-state index is 13.5. The summed E-state index contributed by atoms with van der Waals surface area (Å²) in [6.07, 6.45) is 1.15. The van der Waals surface area contributed by atoms with Gasteiger partial charge in [0.2, 0.25) is 5.91 Å². The minimum atomic E-state index is -0.310. The van der Waals surface area contributed by atoms with Gasteiger partial charge in [-0.05, 0) is 61.2 Å². The van der Waals surface area contributed by atoms with E-state index in [0.717, 1.165) is 23.1 Å². The molecule has 30 heavy (non-hydrogen) atoms. The normalized spacial score (nSPS) is 15.5. The fourth-order valence-corrected chi connectivity index (χ4v) is 3.97. The van der Waals surface area contributed by atoms with E-state index in [4.69, 9.17) is 4.74 Å². The Balaban J connectivity index is 1.92. The van der Waals surface area contributed by atoms with Gasteiger partial charge in [0.15, 0.2) is 6.61 Å². The van der Waals surface area contributed by atoms with Gasteiger partial charge in [-0.3, -0.25) is 9.59 Å². The number of fused-ring (bicyclic) bond motifs is 1. The molecule has 0 bridgehead atoms. The van der Waals surface area contributed by atoms with Crippen LogP contribution in [0.25, 0.3) is 0 Å². The summed E-state index contributed by atoms with van der Waals surface area (Å²) in [5.41, 5.74) is 2.95. The van der Waals surface area contributed by atoms with Gasteiger partial charge in [-0.1, -0.05) is 25.1 Å². The van der Waals surface area contributed by atoms with Crippen LogP contribution in [-0.2, 0) is 16.0 Å². The summed E-state index contributed by atoms with van der Waals surface area (Å²) in [4.78, 5) is 28.5. The lowest BCUT2D eigenvalue weighted by Gasteiger charge is -2.38. The van der Waals surface area contributed by atoms with Crippen molar-refractivity contribution >= 4 is 11.8 Å².